The second-order valence-electron chi connectivity index (χ2n) is 5.61. The number of nitrogens with two attached hydrogens (primary N) is 1. The standard InChI is InChI=1S/C13H21ClN4S/c14-12-7-16-13(19-12)9-17-4-3-11(8-17)18-5-1-10(15)2-6-18/h7,10-11H,1-6,8-9,15H2. The van der Waals surface area contributed by atoms with Gasteiger partial charge in [-0.15, -0.1) is 11.3 Å². The van der Waals surface area contributed by atoms with Gasteiger partial charge >= 0.3 is 0 Å². The van der Waals surface area contributed by atoms with Gasteiger partial charge in [-0.05, 0) is 32.4 Å². The van der Waals surface area contributed by atoms with Crippen LogP contribution < -0.4 is 5.73 Å². The summed E-state index contributed by atoms with van der Waals surface area (Å²) in [5.74, 6) is 0. The van der Waals surface area contributed by atoms with E-state index in [1.54, 1.807) is 17.5 Å². The summed E-state index contributed by atoms with van der Waals surface area (Å²) in [5, 5.41) is 1.13. The van der Waals surface area contributed by atoms with Crippen LogP contribution in [0, 0.1) is 0 Å². The zero-order chi connectivity index (χ0) is 13.2. The van der Waals surface area contributed by atoms with Gasteiger partial charge in [-0.25, -0.2) is 4.98 Å². The van der Waals surface area contributed by atoms with Crippen molar-refractivity contribution in [2.75, 3.05) is 26.2 Å². The summed E-state index contributed by atoms with van der Waals surface area (Å²) in [6, 6.07) is 1.13. The first-order chi connectivity index (χ1) is 9.20. The molecule has 1 atom stereocenters. The van der Waals surface area contributed by atoms with Gasteiger partial charge in [0.15, 0.2) is 0 Å². The van der Waals surface area contributed by atoms with Crippen LogP contribution in [0.4, 0.5) is 0 Å². The molecule has 0 aromatic carbocycles. The molecular formula is C13H21ClN4S. The predicted octanol–water partition coefficient (Wildman–Crippen LogP) is 1.79. The Balaban J connectivity index is 1.50. The maximum absolute atomic E-state index is 5.97. The smallest absolute Gasteiger partial charge is 0.113 e. The van der Waals surface area contributed by atoms with Crippen LogP contribution in [0.15, 0.2) is 6.20 Å². The molecule has 0 radical (unpaired) electrons. The van der Waals surface area contributed by atoms with E-state index in [9.17, 15) is 0 Å². The molecule has 0 bridgehead atoms. The Kier molecular flexibility index (Phi) is 4.39. The lowest BCUT2D eigenvalue weighted by Gasteiger charge is -2.34. The molecule has 19 heavy (non-hydrogen) atoms. The van der Waals surface area contributed by atoms with Crippen LogP contribution in [0.3, 0.4) is 0 Å². The third-order valence-corrected chi connectivity index (χ3v) is 5.32. The predicted molar refractivity (Wildman–Crippen MR) is 79.6 cm³/mol. The van der Waals surface area contributed by atoms with Gasteiger partial charge < -0.3 is 5.73 Å². The Bertz CT molecular complexity index is 417. The van der Waals surface area contributed by atoms with E-state index in [2.05, 4.69) is 14.8 Å². The Morgan fingerprint density at radius 3 is 2.79 bits per heavy atom. The summed E-state index contributed by atoms with van der Waals surface area (Å²) in [4.78, 5) is 9.46. The number of rotatable bonds is 3. The SMILES string of the molecule is NC1CCN(C2CCN(Cc3ncc(Cl)s3)C2)CC1. The molecule has 0 amide bonds. The molecule has 1 aromatic heterocycles. The van der Waals surface area contributed by atoms with Crippen LogP contribution in [0.25, 0.3) is 0 Å². The van der Waals surface area contributed by atoms with Crippen molar-refractivity contribution in [3.05, 3.63) is 15.5 Å². The van der Waals surface area contributed by atoms with Crippen LogP contribution in [0.2, 0.25) is 4.34 Å². The van der Waals surface area contributed by atoms with E-state index >= 15 is 0 Å². The number of hydrogen-bond acceptors (Lipinski definition) is 5. The molecule has 2 aliphatic rings. The highest BCUT2D eigenvalue weighted by atomic mass is 35.5. The van der Waals surface area contributed by atoms with Crippen LogP contribution in [-0.4, -0.2) is 53.0 Å². The van der Waals surface area contributed by atoms with Crippen molar-refractivity contribution < 1.29 is 0 Å². The van der Waals surface area contributed by atoms with Crippen molar-refractivity contribution in [2.24, 2.45) is 5.73 Å². The van der Waals surface area contributed by atoms with E-state index in [0.29, 0.717) is 12.1 Å². The molecule has 2 N–H and O–H groups in total. The Morgan fingerprint density at radius 1 is 1.32 bits per heavy atom. The van der Waals surface area contributed by atoms with Crippen molar-refractivity contribution in [3.8, 4) is 0 Å². The summed E-state index contributed by atoms with van der Waals surface area (Å²) in [6.45, 7) is 5.61. The quantitative estimate of drug-likeness (QED) is 0.924. The number of nitrogens with zero attached hydrogens (tertiary/aromatic N) is 3. The normalized spacial score (nSPS) is 27.2. The minimum absolute atomic E-state index is 0.422. The number of likely N-dealkylation sites (tertiary alicyclic amines) is 2. The maximum atomic E-state index is 5.97. The zero-order valence-corrected chi connectivity index (χ0v) is 12.7. The second-order valence-corrected chi connectivity index (χ2v) is 7.36. The lowest BCUT2D eigenvalue weighted by Crippen LogP contribution is -2.46. The summed E-state index contributed by atoms with van der Waals surface area (Å²) in [6.07, 6.45) is 5.33. The minimum Gasteiger partial charge on any atom is -0.328 e. The largest absolute Gasteiger partial charge is 0.328 e. The van der Waals surface area contributed by atoms with E-state index in [0.717, 1.165) is 35.3 Å². The van der Waals surface area contributed by atoms with Crippen molar-refractivity contribution in [3.63, 3.8) is 0 Å². The molecule has 2 saturated heterocycles. The fraction of sp³-hybridized carbons (Fsp3) is 0.769. The first kappa shape index (κ1) is 13.8. The van der Waals surface area contributed by atoms with Gasteiger partial charge in [-0.3, -0.25) is 9.80 Å². The second kappa shape index (κ2) is 6.06. The number of hydrogen-bond donors (Lipinski definition) is 1. The average Bonchev–Trinajstić information content (AvgIpc) is 3.00. The molecule has 6 heteroatoms. The average molecular weight is 301 g/mol. The highest BCUT2D eigenvalue weighted by molar-refractivity contribution is 7.15. The van der Waals surface area contributed by atoms with Crippen LogP contribution in [0.5, 0.6) is 0 Å². The molecule has 106 valence electrons. The lowest BCUT2D eigenvalue weighted by atomic mass is 10.0. The van der Waals surface area contributed by atoms with Crippen LogP contribution >= 0.6 is 22.9 Å². The summed E-state index contributed by atoms with van der Waals surface area (Å²) in [5.41, 5.74) is 5.97. The van der Waals surface area contributed by atoms with Gasteiger partial charge in [0.1, 0.15) is 9.34 Å². The molecule has 0 saturated carbocycles. The number of thiazole rings is 1. The first-order valence-corrected chi connectivity index (χ1v) is 8.22. The number of piperidine rings is 1. The van der Waals surface area contributed by atoms with Gasteiger partial charge in [0, 0.05) is 25.2 Å². The first-order valence-electron chi connectivity index (χ1n) is 7.03. The molecular weight excluding hydrogens is 280 g/mol. The molecule has 4 nitrogen and oxygen atoms in total. The molecule has 1 unspecified atom stereocenters. The number of aromatic nitrogens is 1. The highest BCUT2D eigenvalue weighted by Crippen LogP contribution is 2.24. The summed E-state index contributed by atoms with van der Waals surface area (Å²) in [7, 11) is 0. The number of halogens is 1. The van der Waals surface area contributed by atoms with Crippen molar-refractivity contribution >= 4 is 22.9 Å². The lowest BCUT2D eigenvalue weighted by molar-refractivity contribution is 0.151. The topological polar surface area (TPSA) is 45.4 Å². The van der Waals surface area contributed by atoms with Gasteiger partial charge in [-0.2, -0.15) is 0 Å². The van der Waals surface area contributed by atoms with Crippen LogP contribution in [-0.2, 0) is 6.54 Å². The third-order valence-electron chi connectivity index (χ3n) is 4.22. The van der Waals surface area contributed by atoms with Crippen molar-refractivity contribution in [1.29, 1.82) is 0 Å². The molecule has 0 spiro atoms. The fourth-order valence-electron chi connectivity index (χ4n) is 3.09. The minimum atomic E-state index is 0.422. The van der Waals surface area contributed by atoms with E-state index in [-0.39, 0.29) is 0 Å². The monoisotopic (exact) mass is 300 g/mol. The summed E-state index contributed by atoms with van der Waals surface area (Å²) >= 11 is 7.52. The maximum Gasteiger partial charge on any atom is 0.113 e. The van der Waals surface area contributed by atoms with Crippen molar-refractivity contribution in [2.45, 2.75) is 37.9 Å². The van der Waals surface area contributed by atoms with Crippen LogP contribution in [0.1, 0.15) is 24.3 Å². The van der Waals surface area contributed by atoms with Crippen molar-refractivity contribution in [1.82, 2.24) is 14.8 Å². The Labute approximate surface area is 123 Å². The Morgan fingerprint density at radius 2 is 2.11 bits per heavy atom. The van der Waals surface area contributed by atoms with E-state index in [1.165, 1.54) is 26.1 Å². The van der Waals surface area contributed by atoms with E-state index in [1.807, 2.05) is 0 Å². The van der Waals surface area contributed by atoms with E-state index < -0.39 is 0 Å². The molecule has 3 heterocycles. The molecule has 2 aliphatic heterocycles. The fourth-order valence-corrected chi connectivity index (χ4v) is 4.09. The van der Waals surface area contributed by atoms with Gasteiger partial charge in [0.25, 0.3) is 0 Å². The Hall–Kier alpha value is -0.200. The van der Waals surface area contributed by atoms with Gasteiger partial charge in [0.2, 0.25) is 0 Å². The molecule has 3 rings (SSSR count). The molecule has 2 fully saturated rings. The summed E-state index contributed by atoms with van der Waals surface area (Å²) < 4.78 is 0.788. The third kappa shape index (κ3) is 3.47. The molecule has 0 aliphatic carbocycles. The van der Waals surface area contributed by atoms with E-state index in [4.69, 9.17) is 17.3 Å². The zero-order valence-electron chi connectivity index (χ0n) is 11.1. The molecule has 1 aromatic rings. The van der Waals surface area contributed by atoms with Gasteiger partial charge in [0.05, 0.1) is 12.7 Å². The highest BCUT2D eigenvalue weighted by Gasteiger charge is 2.29. The van der Waals surface area contributed by atoms with Gasteiger partial charge in [-0.1, -0.05) is 11.6 Å².